The van der Waals surface area contributed by atoms with E-state index in [1.807, 2.05) is 0 Å². The second kappa shape index (κ2) is 5.48. The van der Waals surface area contributed by atoms with Crippen LogP contribution in [0.2, 0.25) is 0 Å². The molecule has 5 nitrogen and oxygen atoms in total. The molecule has 104 valence electrons. The molecule has 0 spiro atoms. The zero-order valence-corrected chi connectivity index (χ0v) is 11.2. The molecule has 5 N–H and O–H groups in total. The van der Waals surface area contributed by atoms with Gasteiger partial charge in [-0.3, -0.25) is 4.79 Å². The van der Waals surface area contributed by atoms with E-state index in [0.29, 0.717) is 11.3 Å². The summed E-state index contributed by atoms with van der Waals surface area (Å²) in [7, 11) is 0. The minimum atomic E-state index is -0.444. The van der Waals surface area contributed by atoms with E-state index in [2.05, 4.69) is 12.2 Å². The van der Waals surface area contributed by atoms with Crippen LogP contribution in [0.3, 0.4) is 0 Å². The van der Waals surface area contributed by atoms with Crippen LogP contribution in [0.5, 0.6) is 0 Å². The summed E-state index contributed by atoms with van der Waals surface area (Å²) < 4.78 is 5.38. The average Bonchev–Trinajstić information content (AvgIpc) is 2.38. The number of benzene rings is 1. The number of hydrogen-bond acceptors (Lipinski definition) is 4. The van der Waals surface area contributed by atoms with Crippen molar-refractivity contribution in [3.8, 4) is 0 Å². The quantitative estimate of drug-likeness (QED) is 0.720. The van der Waals surface area contributed by atoms with Crippen LogP contribution in [0.4, 0.5) is 11.4 Å². The molecule has 2 rings (SSSR count). The molecule has 1 saturated heterocycles. The van der Waals surface area contributed by atoms with Crippen molar-refractivity contribution >= 4 is 17.3 Å². The first kappa shape index (κ1) is 13.7. The third kappa shape index (κ3) is 3.38. The minimum Gasteiger partial charge on any atom is -0.397 e. The number of amides is 1. The van der Waals surface area contributed by atoms with Crippen molar-refractivity contribution in [3.05, 3.63) is 23.8 Å². The smallest absolute Gasteiger partial charge is 0.248 e. The molecule has 1 aromatic carbocycles. The fourth-order valence-electron chi connectivity index (χ4n) is 2.21. The molecule has 1 aromatic rings. The van der Waals surface area contributed by atoms with Crippen molar-refractivity contribution in [2.45, 2.75) is 19.8 Å². The summed E-state index contributed by atoms with van der Waals surface area (Å²) >= 11 is 0. The lowest BCUT2D eigenvalue weighted by atomic mass is 9.82. The molecular weight excluding hydrogens is 242 g/mol. The van der Waals surface area contributed by atoms with Gasteiger partial charge in [-0.2, -0.15) is 0 Å². The molecule has 0 bridgehead atoms. The van der Waals surface area contributed by atoms with Crippen molar-refractivity contribution in [3.63, 3.8) is 0 Å². The summed E-state index contributed by atoms with van der Waals surface area (Å²) in [5.41, 5.74) is 13.2. The van der Waals surface area contributed by atoms with Crippen molar-refractivity contribution in [1.82, 2.24) is 0 Å². The van der Waals surface area contributed by atoms with E-state index in [4.69, 9.17) is 16.2 Å². The first-order valence-electron chi connectivity index (χ1n) is 6.51. The summed E-state index contributed by atoms with van der Waals surface area (Å²) in [5, 5.41) is 3.33. The van der Waals surface area contributed by atoms with Gasteiger partial charge in [-0.25, -0.2) is 0 Å². The predicted molar refractivity (Wildman–Crippen MR) is 76.0 cm³/mol. The van der Waals surface area contributed by atoms with Gasteiger partial charge in [-0.15, -0.1) is 0 Å². The predicted octanol–water partition coefficient (Wildman–Crippen LogP) is 1.60. The maximum atomic E-state index is 11.2. The topological polar surface area (TPSA) is 90.4 Å². The Labute approximate surface area is 113 Å². The molecule has 19 heavy (non-hydrogen) atoms. The highest BCUT2D eigenvalue weighted by Gasteiger charge is 2.27. The van der Waals surface area contributed by atoms with Gasteiger partial charge in [-0.05, 0) is 36.5 Å². The monoisotopic (exact) mass is 263 g/mol. The number of carbonyl (C=O) groups excluding carboxylic acids is 1. The van der Waals surface area contributed by atoms with E-state index in [1.165, 1.54) is 0 Å². The van der Waals surface area contributed by atoms with Gasteiger partial charge in [0.05, 0.1) is 11.4 Å². The van der Waals surface area contributed by atoms with Gasteiger partial charge in [0.25, 0.3) is 0 Å². The number of anilines is 2. The largest absolute Gasteiger partial charge is 0.397 e. The number of nitrogen functional groups attached to an aromatic ring is 1. The number of ether oxygens (including phenoxy) is 1. The molecule has 0 unspecified atom stereocenters. The van der Waals surface area contributed by atoms with Crippen LogP contribution >= 0.6 is 0 Å². The van der Waals surface area contributed by atoms with E-state index in [9.17, 15) is 4.79 Å². The Morgan fingerprint density at radius 1 is 1.42 bits per heavy atom. The summed E-state index contributed by atoms with van der Waals surface area (Å²) in [5.74, 6) is -0.444. The molecule has 1 heterocycles. The Morgan fingerprint density at radius 3 is 2.74 bits per heavy atom. The molecule has 0 radical (unpaired) electrons. The molecule has 1 fully saturated rings. The highest BCUT2D eigenvalue weighted by Crippen LogP contribution is 2.31. The molecule has 0 aromatic heterocycles. The number of nitrogens with one attached hydrogen (secondary N) is 1. The summed E-state index contributed by atoms with van der Waals surface area (Å²) in [6.45, 7) is 4.64. The summed E-state index contributed by atoms with van der Waals surface area (Å²) in [6, 6.07) is 5.05. The highest BCUT2D eigenvalue weighted by molar-refractivity contribution is 5.94. The maximum Gasteiger partial charge on any atom is 0.248 e. The third-order valence-corrected chi connectivity index (χ3v) is 3.74. The molecule has 0 aliphatic carbocycles. The molecule has 0 saturated carbocycles. The molecule has 1 aliphatic rings. The fourth-order valence-corrected chi connectivity index (χ4v) is 2.21. The van der Waals surface area contributed by atoms with Gasteiger partial charge in [0, 0.05) is 25.3 Å². The minimum absolute atomic E-state index is 0.202. The van der Waals surface area contributed by atoms with Crippen LogP contribution in [0.1, 0.15) is 30.1 Å². The molecular formula is C14H21N3O2. The van der Waals surface area contributed by atoms with Crippen LogP contribution in [0, 0.1) is 5.41 Å². The Kier molecular flexibility index (Phi) is 3.95. The zero-order valence-electron chi connectivity index (χ0n) is 11.2. The van der Waals surface area contributed by atoms with Crippen molar-refractivity contribution < 1.29 is 9.53 Å². The summed E-state index contributed by atoms with van der Waals surface area (Å²) in [6.07, 6.45) is 2.05. The van der Waals surface area contributed by atoms with Crippen molar-refractivity contribution in [1.29, 1.82) is 0 Å². The lowest BCUT2D eigenvalue weighted by molar-refractivity contribution is 0.0300. The van der Waals surface area contributed by atoms with E-state index in [1.54, 1.807) is 18.2 Å². The Morgan fingerprint density at radius 2 is 2.11 bits per heavy atom. The second-order valence-electron chi connectivity index (χ2n) is 5.44. The Balaban J connectivity index is 2.06. The van der Waals surface area contributed by atoms with E-state index < -0.39 is 5.91 Å². The zero-order chi connectivity index (χ0) is 13.9. The van der Waals surface area contributed by atoms with Crippen LogP contribution in [-0.4, -0.2) is 25.7 Å². The number of nitrogens with two attached hydrogens (primary N) is 2. The molecule has 1 aliphatic heterocycles. The second-order valence-corrected chi connectivity index (χ2v) is 5.44. The van der Waals surface area contributed by atoms with Crippen LogP contribution in [-0.2, 0) is 4.74 Å². The Hall–Kier alpha value is -1.75. The number of primary amides is 1. The number of hydrogen-bond donors (Lipinski definition) is 3. The van der Waals surface area contributed by atoms with Crippen LogP contribution in [0.15, 0.2) is 18.2 Å². The van der Waals surface area contributed by atoms with Crippen molar-refractivity contribution in [2.75, 3.05) is 30.8 Å². The fraction of sp³-hybridized carbons (Fsp3) is 0.500. The van der Waals surface area contributed by atoms with E-state index in [0.717, 1.165) is 38.3 Å². The Bertz CT molecular complexity index is 468. The van der Waals surface area contributed by atoms with Gasteiger partial charge in [0.2, 0.25) is 5.91 Å². The van der Waals surface area contributed by atoms with Crippen LogP contribution in [0.25, 0.3) is 0 Å². The lowest BCUT2D eigenvalue weighted by Crippen LogP contribution is -2.33. The lowest BCUT2D eigenvalue weighted by Gasteiger charge is -2.34. The SMILES string of the molecule is CC1(CNc2cc(C(N)=O)ccc2N)CCOCC1. The first-order valence-corrected chi connectivity index (χ1v) is 6.51. The van der Waals surface area contributed by atoms with Gasteiger partial charge in [-0.1, -0.05) is 6.92 Å². The third-order valence-electron chi connectivity index (χ3n) is 3.74. The normalized spacial score (nSPS) is 17.9. The molecule has 0 atom stereocenters. The van der Waals surface area contributed by atoms with E-state index in [-0.39, 0.29) is 5.41 Å². The first-order chi connectivity index (χ1) is 9.00. The van der Waals surface area contributed by atoms with Gasteiger partial charge in [0.15, 0.2) is 0 Å². The van der Waals surface area contributed by atoms with Gasteiger partial charge >= 0.3 is 0 Å². The standard InChI is InChI=1S/C14H21N3O2/c1-14(4-6-19-7-5-14)9-17-12-8-10(13(16)18)2-3-11(12)15/h2-3,8,17H,4-7,9,15H2,1H3,(H2,16,18). The van der Waals surface area contributed by atoms with E-state index >= 15 is 0 Å². The summed E-state index contributed by atoms with van der Waals surface area (Å²) in [4.78, 5) is 11.2. The van der Waals surface area contributed by atoms with Crippen molar-refractivity contribution in [2.24, 2.45) is 11.1 Å². The molecule has 5 heteroatoms. The highest BCUT2D eigenvalue weighted by atomic mass is 16.5. The number of carbonyl (C=O) groups is 1. The van der Waals surface area contributed by atoms with Gasteiger partial charge < -0.3 is 21.5 Å². The number of rotatable bonds is 4. The maximum absolute atomic E-state index is 11.2. The molecule has 1 amide bonds. The average molecular weight is 263 g/mol. The van der Waals surface area contributed by atoms with Crippen LogP contribution < -0.4 is 16.8 Å². The van der Waals surface area contributed by atoms with Gasteiger partial charge in [0.1, 0.15) is 0 Å².